The van der Waals surface area contributed by atoms with Crippen molar-refractivity contribution in [2.45, 2.75) is 24.6 Å². The molecule has 0 saturated heterocycles. The predicted octanol–water partition coefficient (Wildman–Crippen LogP) is 3.44. The van der Waals surface area contributed by atoms with Crippen molar-refractivity contribution in [3.05, 3.63) is 35.9 Å². The Kier molecular flexibility index (Phi) is 2.82. The third-order valence-corrected chi connectivity index (χ3v) is 3.61. The number of carbonyl (C=O) groups is 1. The smallest absolute Gasteiger partial charge is 0.411 e. The molecule has 0 atom stereocenters. The maximum atomic E-state index is 12.9. The number of pyridine rings is 1. The third kappa shape index (κ3) is 2.28. The summed E-state index contributed by atoms with van der Waals surface area (Å²) in [6.07, 6.45) is -4.45. The summed E-state index contributed by atoms with van der Waals surface area (Å²) in [5.41, 5.74) is -1.70. The van der Waals surface area contributed by atoms with Crippen molar-refractivity contribution in [1.82, 2.24) is 4.98 Å². The minimum atomic E-state index is -4.39. The number of rotatable bonds is 3. The molecule has 1 heterocycles. The number of fused-ring (bicyclic) bond motifs is 1. The van der Waals surface area contributed by atoms with Gasteiger partial charge in [0.15, 0.2) is 0 Å². The summed E-state index contributed by atoms with van der Waals surface area (Å²) in [7, 11) is 0. The van der Waals surface area contributed by atoms with Gasteiger partial charge < -0.3 is 10.4 Å². The summed E-state index contributed by atoms with van der Waals surface area (Å²) >= 11 is 0. The maximum Gasteiger partial charge on any atom is 0.411 e. The standard InChI is InChI=1S/C14H11F3N2O2/c15-14(16,17)13(5-6-13)19-11-7-9(12(20)21)8-3-1-2-4-10(8)18-11/h1-4,7H,5-6H2,(H,18,19)(H,20,21). The van der Waals surface area contributed by atoms with Gasteiger partial charge >= 0.3 is 12.1 Å². The largest absolute Gasteiger partial charge is 0.478 e. The summed E-state index contributed by atoms with van der Waals surface area (Å²) in [4.78, 5) is 15.4. The van der Waals surface area contributed by atoms with Gasteiger partial charge in [-0.25, -0.2) is 9.78 Å². The summed E-state index contributed by atoms with van der Waals surface area (Å²) in [6, 6.07) is 7.60. The van der Waals surface area contributed by atoms with E-state index in [0.717, 1.165) is 6.07 Å². The molecule has 2 aromatic rings. The molecule has 0 radical (unpaired) electrons. The van der Waals surface area contributed by atoms with Crippen LogP contribution in [0.15, 0.2) is 30.3 Å². The van der Waals surface area contributed by atoms with Crippen LogP contribution in [0.2, 0.25) is 0 Å². The number of aromatic nitrogens is 1. The van der Waals surface area contributed by atoms with E-state index in [2.05, 4.69) is 10.3 Å². The maximum absolute atomic E-state index is 12.9. The number of aromatic carboxylic acids is 1. The number of hydrogen-bond donors (Lipinski definition) is 2. The topological polar surface area (TPSA) is 62.2 Å². The van der Waals surface area contributed by atoms with Gasteiger partial charge in [0.25, 0.3) is 0 Å². The van der Waals surface area contributed by atoms with E-state index in [1.807, 2.05) is 0 Å². The zero-order valence-electron chi connectivity index (χ0n) is 10.7. The van der Waals surface area contributed by atoms with E-state index >= 15 is 0 Å². The number of hydrogen-bond acceptors (Lipinski definition) is 3. The van der Waals surface area contributed by atoms with Crippen molar-refractivity contribution in [3.63, 3.8) is 0 Å². The number of anilines is 1. The first-order chi connectivity index (χ1) is 9.82. The van der Waals surface area contributed by atoms with Crippen molar-refractivity contribution >= 4 is 22.7 Å². The van der Waals surface area contributed by atoms with Crippen LogP contribution >= 0.6 is 0 Å². The Hall–Kier alpha value is -2.31. The molecule has 110 valence electrons. The zero-order chi connectivity index (χ0) is 15.3. The number of benzene rings is 1. The highest BCUT2D eigenvalue weighted by Crippen LogP contribution is 2.51. The van der Waals surface area contributed by atoms with Crippen molar-refractivity contribution in [2.75, 3.05) is 5.32 Å². The molecular weight excluding hydrogens is 285 g/mol. The molecule has 0 amide bonds. The number of nitrogens with zero attached hydrogens (tertiary/aromatic N) is 1. The normalized spacial score (nSPS) is 16.7. The Bertz CT molecular complexity index is 724. The van der Waals surface area contributed by atoms with Crippen LogP contribution in [0, 0.1) is 0 Å². The highest BCUT2D eigenvalue weighted by atomic mass is 19.4. The number of nitrogens with one attached hydrogen (secondary N) is 1. The molecule has 21 heavy (non-hydrogen) atoms. The van der Waals surface area contributed by atoms with Crippen molar-refractivity contribution in [3.8, 4) is 0 Å². The van der Waals surface area contributed by atoms with E-state index in [1.165, 1.54) is 0 Å². The lowest BCUT2D eigenvalue weighted by molar-refractivity contribution is -0.151. The van der Waals surface area contributed by atoms with Gasteiger partial charge in [0.05, 0.1) is 11.1 Å². The van der Waals surface area contributed by atoms with E-state index in [9.17, 15) is 23.1 Å². The van der Waals surface area contributed by atoms with Crippen LogP contribution in [0.4, 0.5) is 19.0 Å². The van der Waals surface area contributed by atoms with Crippen molar-refractivity contribution < 1.29 is 23.1 Å². The van der Waals surface area contributed by atoms with Crippen LogP contribution in [0.5, 0.6) is 0 Å². The van der Waals surface area contributed by atoms with Crippen LogP contribution in [-0.4, -0.2) is 27.8 Å². The predicted molar refractivity (Wildman–Crippen MR) is 70.3 cm³/mol. The number of halogens is 3. The molecule has 1 aromatic heterocycles. The van der Waals surface area contributed by atoms with Crippen LogP contribution in [0.25, 0.3) is 10.9 Å². The first-order valence-electron chi connectivity index (χ1n) is 6.30. The SMILES string of the molecule is O=C(O)c1cc(NC2(C(F)(F)F)CC2)nc2ccccc12. The zero-order valence-corrected chi connectivity index (χ0v) is 10.7. The second-order valence-corrected chi connectivity index (χ2v) is 5.08. The molecular formula is C14H11F3N2O2. The monoisotopic (exact) mass is 296 g/mol. The van der Waals surface area contributed by atoms with Gasteiger partial charge in [-0.15, -0.1) is 0 Å². The van der Waals surface area contributed by atoms with Crippen molar-refractivity contribution in [1.29, 1.82) is 0 Å². The minimum Gasteiger partial charge on any atom is -0.478 e. The average Bonchev–Trinajstić information content (AvgIpc) is 3.18. The van der Waals surface area contributed by atoms with E-state index in [4.69, 9.17) is 0 Å². The molecule has 1 aliphatic carbocycles. The Morgan fingerprint density at radius 3 is 2.52 bits per heavy atom. The van der Waals surface area contributed by atoms with Gasteiger partial charge in [-0.2, -0.15) is 13.2 Å². The fourth-order valence-corrected chi connectivity index (χ4v) is 2.27. The third-order valence-electron chi connectivity index (χ3n) is 3.61. The molecule has 0 spiro atoms. The number of alkyl halides is 3. The Labute approximate surface area is 117 Å². The lowest BCUT2D eigenvalue weighted by atomic mass is 10.1. The Morgan fingerprint density at radius 2 is 1.95 bits per heavy atom. The van der Waals surface area contributed by atoms with Gasteiger partial charge in [0.1, 0.15) is 11.4 Å². The lowest BCUT2D eigenvalue weighted by Crippen LogP contribution is -2.39. The van der Waals surface area contributed by atoms with Gasteiger partial charge in [-0.1, -0.05) is 18.2 Å². The second-order valence-electron chi connectivity index (χ2n) is 5.08. The highest BCUT2D eigenvalue weighted by Gasteiger charge is 2.63. The number of para-hydroxylation sites is 1. The fraction of sp³-hybridized carbons (Fsp3) is 0.286. The Morgan fingerprint density at radius 1 is 1.29 bits per heavy atom. The molecule has 1 saturated carbocycles. The van der Waals surface area contributed by atoms with Gasteiger partial charge in [-0.05, 0) is 25.0 Å². The molecule has 4 nitrogen and oxygen atoms in total. The van der Waals surface area contributed by atoms with E-state index < -0.39 is 17.7 Å². The molecule has 0 bridgehead atoms. The summed E-state index contributed by atoms with van der Waals surface area (Å²) in [5, 5.41) is 12.0. The fourth-order valence-electron chi connectivity index (χ4n) is 2.27. The Balaban J connectivity index is 2.06. The van der Waals surface area contributed by atoms with Crippen molar-refractivity contribution in [2.24, 2.45) is 0 Å². The summed E-state index contributed by atoms with van der Waals surface area (Å²) < 4.78 is 38.8. The average molecular weight is 296 g/mol. The number of carboxylic acids is 1. The summed E-state index contributed by atoms with van der Waals surface area (Å²) in [5.74, 6) is -1.27. The van der Waals surface area contributed by atoms with E-state index in [-0.39, 0.29) is 24.2 Å². The molecule has 1 fully saturated rings. The second kappa shape index (κ2) is 4.34. The lowest BCUT2D eigenvalue weighted by Gasteiger charge is -2.21. The van der Waals surface area contributed by atoms with Gasteiger partial charge in [0.2, 0.25) is 0 Å². The minimum absolute atomic E-state index is 0.0343. The first kappa shape index (κ1) is 13.7. The quantitative estimate of drug-likeness (QED) is 0.910. The number of carboxylic acid groups (broad SMARTS) is 1. The molecule has 1 aromatic carbocycles. The van der Waals surface area contributed by atoms with Crippen LogP contribution < -0.4 is 5.32 Å². The summed E-state index contributed by atoms with van der Waals surface area (Å²) in [6.45, 7) is 0. The van der Waals surface area contributed by atoms with Crippen LogP contribution in [0.3, 0.4) is 0 Å². The molecule has 3 rings (SSSR count). The molecule has 0 unspecified atom stereocenters. The first-order valence-corrected chi connectivity index (χ1v) is 6.30. The molecule has 2 N–H and O–H groups in total. The van der Waals surface area contributed by atoms with Crippen LogP contribution in [-0.2, 0) is 0 Å². The molecule has 0 aliphatic heterocycles. The van der Waals surface area contributed by atoms with Crippen LogP contribution in [0.1, 0.15) is 23.2 Å². The van der Waals surface area contributed by atoms with E-state index in [1.54, 1.807) is 24.3 Å². The molecule has 7 heteroatoms. The highest BCUT2D eigenvalue weighted by molar-refractivity contribution is 6.03. The van der Waals surface area contributed by atoms with Gasteiger partial charge in [0, 0.05) is 5.39 Å². The van der Waals surface area contributed by atoms with E-state index in [0.29, 0.717) is 10.9 Å². The molecule has 1 aliphatic rings. The van der Waals surface area contributed by atoms with Gasteiger partial charge in [-0.3, -0.25) is 0 Å².